The first-order chi connectivity index (χ1) is 10.5. The molecule has 3 rings (SSSR count). The molecule has 5 heteroatoms. The van der Waals surface area contributed by atoms with E-state index in [-0.39, 0.29) is 0 Å². The van der Waals surface area contributed by atoms with Crippen LogP contribution in [0.15, 0.2) is 42.5 Å². The summed E-state index contributed by atoms with van der Waals surface area (Å²) in [5.41, 5.74) is 10.1. The number of nitrogens with two attached hydrogens (primary N) is 1. The molecule has 5 nitrogen and oxygen atoms in total. The van der Waals surface area contributed by atoms with Gasteiger partial charge in [0.25, 0.3) is 0 Å². The second-order valence-electron chi connectivity index (χ2n) is 5.20. The van der Waals surface area contributed by atoms with Crippen LogP contribution in [0.4, 0.5) is 11.4 Å². The average Bonchev–Trinajstić information content (AvgIpc) is 2.47. The number of anilines is 2. The first kappa shape index (κ1) is 14.0. The van der Waals surface area contributed by atoms with Crippen LogP contribution < -0.4 is 11.1 Å². The molecule has 0 fully saturated rings. The third-order valence-electron chi connectivity index (χ3n) is 3.39. The molecule has 3 N–H and O–H groups in total. The van der Waals surface area contributed by atoms with E-state index < -0.39 is 5.91 Å². The molecule has 0 aliphatic heterocycles. The summed E-state index contributed by atoms with van der Waals surface area (Å²) >= 11 is 0. The normalized spacial score (nSPS) is 10.6. The topological polar surface area (TPSA) is 80.9 Å². The molecular formula is C17H16N4O. The Morgan fingerprint density at radius 1 is 1.00 bits per heavy atom. The summed E-state index contributed by atoms with van der Waals surface area (Å²) in [6.45, 7) is 3.88. The Hall–Kier alpha value is -2.95. The number of carbonyl (C=O) groups excluding carboxylic acids is 1. The molecule has 0 atom stereocenters. The highest BCUT2D eigenvalue weighted by Gasteiger charge is 2.06. The summed E-state index contributed by atoms with van der Waals surface area (Å²) in [5.74, 6) is -0.434. The van der Waals surface area contributed by atoms with Gasteiger partial charge in [-0.15, -0.1) is 0 Å². The van der Waals surface area contributed by atoms with Crippen molar-refractivity contribution in [3.05, 3.63) is 59.4 Å². The molecule has 3 aromatic rings. The minimum Gasteiger partial charge on any atom is -0.366 e. The van der Waals surface area contributed by atoms with Crippen molar-refractivity contribution in [2.75, 3.05) is 5.32 Å². The largest absolute Gasteiger partial charge is 0.366 e. The highest BCUT2D eigenvalue weighted by molar-refractivity contribution is 5.94. The Morgan fingerprint density at radius 3 is 2.36 bits per heavy atom. The SMILES string of the molecule is Cc1ccc2c(Nc3ccc(C(N)=O)cc3)cc(C)nc2n1. The van der Waals surface area contributed by atoms with Crippen LogP contribution in [0, 0.1) is 13.8 Å². The maximum absolute atomic E-state index is 11.1. The standard InChI is InChI=1S/C17H16N4O/c1-10-3-8-14-15(9-11(2)20-17(14)19-10)21-13-6-4-12(5-7-13)16(18)22/h3-9H,1-2H3,(H2,18,22)(H,19,20,21). The number of benzene rings is 1. The monoisotopic (exact) mass is 292 g/mol. The minimum atomic E-state index is -0.434. The average molecular weight is 292 g/mol. The minimum absolute atomic E-state index is 0.434. The predicted octanol–water partition coefficient (Wildman–Crippen LogP) is 3.09. The zero-order valence-electron chi connectivity index (χ0n) is 12.4. The molecule has 0 saturated carbocycles. The Morgan fingerprint density at radius 2 is 1.68 bits per heavy atom. The van der Waals surface area contributed by atoms with Crippen LogP contribution in [0.25, 0.3) is 11.0 Å². The van der Waals surface area contributed by atoms with Gasteiger partial charge < -0.3 is 11.1 Å². The molecule has 1 aromatic carbocycles. The lowest BCUT2D eigenvalue weighted by Gasteiger charge is -2.11. The number of nitrogens with one attached hydrogen (secondary N) is 1. The molecule has 110 valence electrons. The molecule has 0 unspecified atom stereocenters. The third kappa shape index (κ3) is 2.74. The maximum atomic E-state index is 11.1. The molecular weight excluding hydrogens is 276 g/mol. The van der Waals surface area contributed by atoms with Crippen LogP contribution in [0.5, 0.6) is 0 Å². The van der Waals surface area contributed by atoms with Gasteiger partial charge in [-0.3, -0.25) is 4.79 Å². The summed E-state index contributed by atoms with van der Waals surface area (Å²) in [6, 6.07) is 13.0. The fourth-order valence-electron chi connectivity index (χ4n) is 2.30. The first-order valence-corrected chi connectivity index (χ1v) is 6.95. The van der Waals surface area contributed by atoms with Crippen LogP contribution in [0.1, 0.15) is 21.7 Å². The van der Waals surface area contributed by atoms with Gasteiger partial charge in [0.05, 0.1) is 5.69 Å². The summed E-state index contributed by atoms with van der Waals surface area (Å²) < 4.78 is 0. The molecule has 0 bridgehead atoms. The van der Waals surface area contributed by atoms with Gasteiger partial charge >= 0.3 is 0 Å². The number of fused-ring (bicyclic) bond motifs is 1. The van der Waals surface area contributed by atoms with E-state index in [4.69, 9.17) is 5.73 Å². The number of amides is 1. The Kier molecular flexibility index (Phi) is 3.47. The number of pyridine rings is 2. The van der Waals surface area contributed by atoms with Crippen molar-refractivity contribution in [3.63, 3.8) is 0 Å². The lowest BCUT2D eigenvalue weighted by Crippen LogP contribution is -2.10. The smallest absolute Gasteiger partial charge is 0.248 e. The summed E-state index contributed by atoms with van der Waals surface area (Å²) in [7, 11) is 0. The van der Waals surface area contributed by atoms with E-state index in [9.17, 15) is 4.79 Å². The van der Waals surface area contributed by atoms with Gasteiger partial charge in [0.2, 0.25) is 5.91 Å². The zero-order chi connectivity index (χ0) is 15.7. The van der Waals surface area contributed by atoms with Gasteiger partial charge in [0, 0.05) is 28.0 Å². The van der Waals surface area contributed by atoms with Crippen LogP contribution in [-0.2, 0) is 0 Å². The van der Waals surface area contributed by atoms with Gasteiger partial charge in [-0.25, -0.2) is 9.97 Å². The molecule has 22 heavy (non-hydrogen) atoms. The van der Waals surface area contributed by atoms with Crippen molar-refractivity contribution in [2.24, 2.45) is 5.73 Å². The van der Waals surface area contributed by atoms with E-state index in [0.29, 0.717) is 5.56 Å². The highest BCUT2D eigenvalue weighted by atomic mass is 16.1. The van der Waals surface area contributed by atoms with Gasteiger partial charge in [-0.05, 0) is 56.3 Å². The van der Waals surface area contributed by atoms with Crippen molar-refractivity contribution >= 4 is 28.3 Å². The van der Waals surface area contributed by atoms with E-state index in [1.165, 1.54) is 0 Å². The Labute approximate surface area is 128 Å². The fraction of sp³-hybridized carbons (Fsp3) is 0.118. The van der Waals surface area contributed by atoms with E-state index >= 15 is 0 Å². The van der Waals surface area contributed by atoms with Gasteiger partial charge in [-0.1, -0.05) is 0 Å². The summed E-state index contributed by atoms with van der Waals surface area (Å²) in [5, 5.41) is 4.30. The number of nitrogens with zero attached hydrogens (tertiary/aromatic N) is 2. The van der Waals surface area contributed by atoms with Gasteiger partial charge in [0.1, 0.15) is 0 Å². The number of primary amides is 1. The van der Waals surface area contributed by atoms with E-state index in [2.05, 4.69) is 15.3 Å². The second-order valence-corrected chi connectivity index (χ2v) is 5.20. The molecule has 2 aromatic heterocycles. The van der Waals surface area contributed by atoms with Crippen molar-refractivity contribution in [1.29, 1.82) is 0 Å². The van der Waals surface area contributed by atoms with Gasteiger partial charge in [0.15, 0.2) is 5.65 Å². The number of aromatic nitrogens is 2. The Bertz CT molecular complexity index is 851. The zero-order valence-corrected chi connectivity index (χ0v) is 12.4. The van der Waals surface area contributed by atoms with E-state index in [1.54, 1.807) is 12.1 Å². The lowest BCUT2D eigenvalue weighted by atomic mass is 10.1. The molecule has 0 aliphatic carbocycles. The highest BCUT2D eigenvalue weighted by Crippen LogP contribution is 2.26. The van der Waals surface area contributed by atoms with Crippen molar-refractivity contribution in [2.45, 2.75) is 13.8 Å². The number of rotatable bonds is 3. The number of carbonyl (C=O) groups is 1. The van der Waals surface area contributed by atoms with Crippen LogP contribution in [0.2, 0.25) is 0 Å². The number of aryl methyl sites for hydroxylation is 2. The summed E-state index contributed by atoms with van der Waals surface area (Å²) in [6.07, 6.45) is 0. The Balaban J connectivity index is 2.01. The number of hydrogen-bond acceptors (Lipinski definition) is 4. The first-order valence-electron chi connectivity index (χ1n) is 6.95. The van der Waals surface area contributed by atoms with Gasteiger partial charge in [-0.2, -0.15) is 0 Å². The molecule has 2 heterocycles. The van der Waals surface area contributed by atoms with Crippen molar-refractivity contribution in [3.8, 4) is 0 Å². The van der Waals surface area contributed by atoms with E-state index in [0.717, 1.165) is 33.8 Å². The van der Waals surface area contributed by atoms with E-state index in [1.807, 2.05) is 44.2 Å². The maximum Gasteiger partial charge on any atom is 0.248 e. The van der Waals surface area contributed by atoms with Crippen LogP contribution in [-0.4, -0.2) is 15.9 Å². The number of hydrogen-bond donors (Lipinski definition) is 2. The van der Waals surface area contributed by atoms with Crippen LogP contribution >= 0.6 is 0 Å². The predicted molar refractivity (Wildman–Crippen MR) is 87.3 cm³/mol. The van der Waals surface area contributed by atoms with Crippen molar-refractivity contribution < 1.29 is 4.79 Å². The molecule has 0 saturated heterocycles. The fourth-order valence-corrected chi connectivity index (χ4v) is 2.30. The molecule has 0 spiro atoms. The molecule has 0 aliphatic rings. The second kappa shape index (κ2) is 5.44. The third-order valence-corrected chi connectivity index (χ3v) is 3.39. The summed E-state index contributed by atoms with van der Waals surface area (Å²) in [4.78, 5) is 20.0. The van der Waals surface area contributed by atoms with Crippen molar-refractivity contribution in [1.82, 2.24) is 9.97 Å². The van der Waals surface area contributed by atoms with Crippen LogP contribution in [0.3, 0.4) is 0 Å². The quantitative estimate of drug-likeness (QED) is 0.777. The molecule has 0 radical (unpaired) electrons. The molecule has 1 amide bonds. The lowest BCUT2D eigenvalue weighted by molar-refractivity contribution is 0.100.